The van der Waals surface area contributed by atoms with Crippen LogP contribution < -0.4 is 5.73 Å². The highest BCUT2D eigenvalue weighted by Gasteiger charge is 1.98. The quantitative estimate of drug-likeness (QED) is 0.694. The lowest BCUT2D eigenvalue weighted by molar-refractivity contribution is 0.986. The molecule has 0 aliphatic carbocycles. The molecule has 0 radical (unpaired) electrons. The van der Waals surface area contributed by atoms with Gasteiger partial charge in [0.05, 0.1) is 5.69 Å². The second kappa shape index (κ2) is 3.06. The van der Waals surface area contributed by atoms with E-state index in [0.29, 0.717) is 6.54 Å². The highest BCUT2D eigenvalue weighted by Crippen LogP contribution is 2.08. The van der Waals surface area contributed by atoms with Gasteiger partial charge in [0, 0.05) is 18.1 Å². The zero-order valence-electron chi connectivity index (χ0n) is 7.36. The Morgan fingerprint density at radius 2 is 2.15 bits per heavy atom. The first kappa shape index (κ1) is 8.07. The van der Waals surface area contributed by atoms with Gasteiger partial charge in [-0.3, -0.25) is 0 Å². The SMILES string of the molecule is Cc1ncc2ccc(CN)nc2n1. The summed E-state index contributed by atoms with van der Waals surface area (Å²) in [6.07, 6.45) is 1.77. The van der Waals surface area contributed by atoms with Crippen molar-refractivity contribution >= 4 is 11.0 Å². The van der Waals surface area contributed by atoms with Crippen molar-refractivity contribution < 1.29 is 0 Å². The van der Waals surface area contributed by atoms with E-state index in [4.69, 9.17) is 5.73 Å². The third kappa shape index (κ3) is 1.48. The predicted molar refractivity (Wildman–Crippen MR) is 50.0 cm³/mol. The highest BCUT2D eigenvalue weighted by molar-refractivity contribution is 5.73. The number of aryl methyl sites for hydroxylation is 1. The van der Waals surface area contributed by atoms with E-state index in [1.165, 1.54) is 0 Å². The Morgan fingerprint density at radius 1 is 1.31 bits per heavy atom. The van der Waals surface area contributed by atoms with Crippen molar-refractivity contribution in [2.45, 2.75) is 13.5 Å². The molecule has 0 aliphatic heterocycles. The maximum absolute atomic E-state index is 5.47. The fourth-order valence-electron chi connectivity index (χ4n) is 1.15. The van der Waals surface area contributed by atoms with Gasteiger partial charge < -0.3 is 5.73 Å². The fourth-order valence-corrected chi connectivity index (χ4v) is 1.15. The molecule has 0 aliphatic rings. The van der Waals surface area contributed by atoms with Crippen molar-refractivity contribution in [3.05, 3.63) is 29.8 Å². The summed E-state index contributed by atoms with van der Waals surface area (Å²) < 4.78 is 0. The van der Waals surface area contributed by atoms with Crippen LogP contribution in [0, 0.1) is 6.92 Å². The topological polar surface area (TPSA) is 64.7 Å². The molecule has 0 amide bonds. The van der Waals surface area contributed by atoms with Crippen molar-refractivity contribution in [2.24, 2.45) is 5.73 Å². The summed E-state index contributed by atoms with van der Waals surface area (Å²) in [6, 6.07) is 3.82. The van der Waals surface area contributed by atoms with Crippen LogP contribution in [-0.2, 0) is 6.54 Å². The van der Waals surface area contributed by atoms with Crippen LogP contribution in [0.1, 0.15) is 11.5 Å². The van der Waals surface area contributed by atoms with E-state index in [2.05, 4.69) is 15.0 Å². The summed E-state index contributed by atoms with van der Waals surface area (Å²) in [5, 5.41) is 0.947. The average Bonchev–Trinajstić information content (AvgIpc) is 2.16. The molecule has 2 heterocycles. The molecule has 2 aromatic rings. The largest absolute Gasteiger partial charge is 0.325 e. The Hall–Kier alpha value is -1.55. The van der Waals surface area contributed by atoms with E-state index in [0.717, 1.165) is 22.6 Å². The molecule has 4 nitrogen and oxygen atoms in total. The number of nitrogens with two attached hydrogens (primary N) is 1. The third-order valence-corrected chi connectivity index (χ3v) is 1.83. The van der Waals surface area contributed by atoms with Crippen LogP contribution in [0.25, 0.3) is 11.0 Å². The van der Waals surface area contributed by atoms with E-state index in [1.807, 2.05) is 19.1 Å². The molecule has 2 rings (SSSR count). The van der Waals surface area contributed by atoms with Gasteiger partial charge >= 0.3 is 0 Å². The summed E-state index contributed by atoms with van der Waals surface area (Å²) >= 11 is 0. The van der Waals surface area contributed by atoms with Gasteiger partial charge in [0.15, 0.2) is 5.65 Å². The standard InChI is InChI=1S/C9H10N4/c1-6-11-5-7-2-3-8(4-10)13-9(7)12-6/h2-3,5H,4,10H2,1H3. The Bertz CT molecular complexity index is 439. The molecule has 0 saturated carbocycles. The minimum atomic E-state index is 0.443. The molecular formula is C9H10N4. The summed E-state index contributed by atoms with van der Waals surface area (Å²) in [7, 11) is 0. The zero-order chi connectivity index (χ0) is 9.26. The van der Waals surface area contributed by atoms with Crippen LogP contribution in [0.4, 0.5) is 0 Å². The van der Waals surface area contributed by atoms with Crippen molar-refractivity contribution in [3.8, 4) is 0 Å². The normalized spacial score (nSPS) is 10.6. The number of nitrogens with zero attached hydrogens (tertiary/aromatic N) is 3. The molecule has 13 heavy (non-hydrogen) atoms. The lowest BCUT2D eigenvalue weighted by Crippen LogP contribution is -2.00. The van der Waals surface area contributed by atoms with E-state index in [-0.39, 0.29) is 0 Å². The minimum absolute atomic E-state index is 0.443. The third-order valence-electron chi connectivity index (χ3n) is 1.83. The molecule has 0 atom stereocenters. The maximum Gasteiger partial charge on any atom is 0.163 e. The molecule has 0 spiro atoms. The lowest BCUT2D eigenvalue weighted by Gasteiger charge is -1.99. The zero-order valence-corrected chi connectivity index (χ0v) is 7.36. The molecule has 0 aromatic carbocycles. The molecule has 2 N–H and O–H groups in total. The smallest absolute Gasteiger partial charge is 0.163 e. The van der Waals surface area contributed by atoms with Crippen molar-refractivity contribution in [3.63, 3.8) is 0 Å². The van der Waals surface area contributed by atoms with E-state index < -0.39 is 0 Å². The Balaban J connectivity index is 2.68. The summed E-state index contributed by atoms with van der Waals surface area (Å²) in [6.45, 7) is 2.29. The molecule has 4 heteroatoms. The number of pyridine rings is 1. The van der Waals surface area contributed by atoms with Gasteiger partial charge in [-0.25, -0.2) is 15.0 Å². The van der Waals surface area contributed by atoms with Gasteiger partial charge in [-0.15, -0.1) is 0 Å². The first-order valence-corrected chi connectivity index (χ1v) is 4.09. The van der Waals surface area contributed by atoms with Crippen LogP contribution in [0.3, 0.4) is 0 Å². The summed E-state index contributed by atoms with van der Waals surface area (Å²) in [5.74, 6) is 0.731. The second-order valence-electron chi connectivity index (χ2n) is 2.84. The summed E-state index contributed by atoms with van der Waals surface area (Å²) in [5.41, 5.74) is 7.04. The van der Waals surface area contributed by atoms with Gasteiger partial charge in [-0.1, -0.05) is 0 Å². The van der Waals surface area contributed by atoms with Crippen LogP contribution >= 0.6 is 0 Å². The second-order valence-corrected chi connectivity index (χ2v) is 2.84. The van der Waals surface area contributed by atoms with Crippen molar-refractivity contribution in [1.29, 1.82) is 0 Å². The molecule has 0 saturated heterocycles. The Labute approximate surface area is 75.8 Å². The average molecular weight is 174 g/mol. The predicted octanol–water partition coefficient (Wildman–Crippen LogP) is 0.792. The maximum atomic E-state index is 5.47. The number of rotatable bonds is 1. The fraction of sp³-hybridized carbons (Fsp3) is 0.222. The molecular weight excluding hydrogens is 164 g/mol. The summed E-state index contributed by atoms with van der Waals surface area (Å²) in [4.78, 5) is 12.6. The van der Waals surface area contributed by atoms with Crippen LogP contribution in [-0.4, -0.2) is 15.0 Å². The van der Waals surface area contributed by atoms with E-state index in [9.17, 15) is 0 Å². The van der Waals surface area contributed by atoms with Gasteiger partial charge in [0.2, 0.25) is 0 Å². The number of hydrogen-bond acceptors (Lipinski definition) is 4. The number of hydrogen-bond donors (Lipinski definition) is 1. The van der Waals surface area contributed by atoms with Crippen LogP contribution in [0.5, 0.6) is 0 Å². The van der Waals surface area contributed by atoms with Crippen LogP contribution in [0.15, 0.2) is 18.3 Å². The Kier molecular flexibility index (Phi) is 1.90. The molecule has 0 fully saturated rings. The molecule has 2 aromatic heterocycles. The van der Waals surface area contributed by atoms with Gasteiger partial charge in [0.25, 0.3) is 0 Å². The van der Waals surface area contributed by atoms with E-state index >= 15 is 0 Å². The number of fused-ring (bicyclic) bond motifs is 1. The lowest BCUT2D eigenvalue weighted by atomic mass is 10.3. The van der Waals surface area contributed by atoms with Gasteiger partial charge in [-0.05, 0) is 19.1 Å². The highest BCUT2D eigenvalue weighted by atomic mass is 14.9. The monoisotopic (exact) mass is 174 g/mol. The first-order chi connectivity index (χ1) is 6.29. The van der Waals surface area contributed by atoms with Gasteiger partial charge in [-0.2, -0.15) is 0 Å². The van der Waals surface area contributed by atoms with Crippen LogP contribution in [0.2, 0.25) is 0 Å². The van der Waals surface area contributed by atoms with E-state index in [1.54, 1.807) is 6.20 Å². The first-order valence-electron chi connectivity index (χ1n) is 4.09. The molecule has 66 valence electrons. The minimum Gasteiger partial charge on any atom is -0.325 e. The van der Waals surface area contributed by atoms with Crippen molar-refractivity contribution in [2.75, 3.05) is 0 Å². The van der Waals surface area contributed by atoms with Crippen molar-refractivity contribution in [1.82, 2.24) is 15.0 Å². The Morgan fingerprint density at radius 3 is 2.92 bits per heavy atom. The molecule has 0 unspecified atom stereocenters. The molecule has 0 bridgehead atoms. The number of aromatic nitrogens is 3. The van der Waals surface area contributed by atoms with Gasteiger partial charge in [0.1, 0.15) is 5.82 Å².